The minimum absolute atomic E-state index is 0.589. The standard InChI is InChI=1S/C10H16N2/c1-8-3-5-11-10(8)9-4-6-12(2)7-9/h4,6-8,10-11H,3,5H2,1-2H3/t8-,10-/m0/s1. The van der Waals surface area contributed by atoms with E-state index in [2.05, 4.69) is 42.3 Å². The van der Waals surface area contributed by atoms with Crippen LogP contribution in [0.5, 0.6) is 0 Å². The van der Waals surface area contributed by atoms with Crippen molar-refractivity contribution < 1.29 is 0 Å². The molecule has 2 nitrogen and oxygen atoms in total. The number of hydrogen-bond donors (Lipinski definition) is 1. The van der Waals surface area contributed by atoms with Gasteiger partial charge >= 0.3 is 0 Å². The van der Waals surface area contributed by atoms with E-state index in [1.54, 1.807) is 0 Å². The summed E-state index contributed by atoms with van der Waals surface area (Å²) < 4.78 is 2.11. The predicted molar refractivity (Wildman–Crippen MR) is 49.9 cm³/mol. The van der Waals surface area contributed by atoms with Crippen molar-refractivity contribution in [3.63, 3.8) is 0 Å². The lowest BCUT2D eigenvalue weighted by Gasteiger charge is -2.13. The summed E-state index contributed by atoms with van der Waals surface area (Å²) in [6, 6.07) is 2.80. The maximum absolute atomic E-state index is 3.52. The minimum atomic E-state index is 0.589. The molecule has 2 heteroatoms. The highest BCUT2D eigenvalue weighted by molar-refractivity contribution is 5.17. The largest absolute Gasteiger partial charge is 0.357 e. The Morgan fingerprint density at radius 2 is 2.42 bits per heavy atom. The Labute approximate surface area is 73.6 Å². The molecule has 1 N–H and O–H groups in total. The number of hydrogen-bond acceptors (Lipinski definition) is 1. The van der Waals surface area contributed by atoms with Crippen LogP contribution in [0.15, 0.2) is 18.5 Å². The van der Waals surface area contributed by atoms with Crippen LogP contribution in [-0.2, 0) is 7.05 Å². The highest BCUT2D eigenvalue weighted by Gasteiger charge is 2.24. The molecule has 1 fully saturated rings. The molecule has 0 saturated carbocycles. The normalized spacial score (nSPS) is 29.5. The Bertz CT molecular complexity index is 265. The zero-order chi connectivity index (χ0) is 8.55. The van der Waals surface area contributed by atoms with E-state index in [1.165, 1.54) is 18.5 Å². The van der Waals surface area contributed by atoms with Crippen molar-refractivity contribution in [2.75, 3.05) is 6.54 Å². The van der Waals surface area contributed by atoms with Gasteiger partial charge in [0.1, 0.15) is 0 Å². The van der Waals surface area contributed by atoms with Crippen molar-refractivity contribution >= 4 is 0 Å². The lowest BCUT2D eigenvalue weighted by atomic mass is 9.98. The first-order valence-corrected chi connectivity index (χ1v) is 4.62. The summed E-state index contributed by atoms with van der Waals surface area (Å²) in [4.78, 5) is 0. The molecule has 1 aliphatic rings. The highest BCUT2D eigenvalue weighted by atomic mass is 15.0. The summed E-state index contributed by atoms with van der Waals surface area (Å²) in [7, 11) is 2.07. The van der Waals surface area contributed by atoms with Gasteiger partial charge in [0.2, 0.25) is 0 Å². The Morgan fingerprint density at radius 3 is 2.92 bits per heavy atom. The predicted octanol–water partition coefficient (Wildman–Crippen LogP) is 1.70. The van der Waals surface area contributed by atoms with Gasteiger partial charge in [0.15, 0.2) is 0 Å². The van der Waals surface area contributed by atoms with Gasteiger partial charge in [0.25, 0.3) is 0 Å². The first-order valence-electron chi connectivity index (χ1n) is 4.62. The van der Waals surface area contributed by atoms with Crippen molar-refractivity contribution in [1.82, 2.24) is 9.88 Å². The highest BCUT2D eigenvalue weighted by Crippen LogP contribution is 2.28. The molecular formula is C10H16N2. The third kappa shape index (κ3) is 1.27. The van der Waals surface area contributed by atoms with E-state index in [-0.39, 0.29) is 0 Å². The van der Waals surface area contributed by atoms with Crippen LogP contribution < -0.4 is 5.32 Å². The van der Waals surface area contributed by atoms with Crippen LogP contribution in [0.2, 0.25) is 0 Å². The van der Waals surface area contributed by atoms with Crippen LogP contribution in [0.25, 0.3) is 0 Å². The fourth-order valence-electron chi connectivity index (χ4n) is 1.99. The number of nitrogens with one attached hydrogen (secondary N) is 1. The summed E-state index contributed by atoms with van der Waals surface area (Å²) in [5, 5.41) is 3.52. The van der Waals surface area contributed by atoms with Gasteiger partial charge in [-0.3, -0.25) is 0 Å². The van der Waals surface area contributed by atoms with E-state index in [0.717, 1.165) is 5.92 Å². The van der Waals surface area contributed by atoms with Crippen LogP contribution in [0.4, 0.5) is 0 Å². The Morgan fingerprint density at radius 1 is 1.58 bits per heavy atom. The quantitative estimate of drug-likeness (QED) is 0.668. The third-order valence-corrected chi connectivity index (χ3v) is 2.75. The average molecular weight is 164 g/mol. The molecule has 1 saturated heterocycles. The Kier molecular flexibility index (Phi) is 1.93. The van der Waals surface area contributed by atoms with Gasteiger partial charge in [-0.25, -0.2) is 0 Å². The second-order valence-corrected chi connectivity index (χ2v) is 3.81. The topological polar surface area (TPSA) is 17.0 Å². The van der Waals surface area contributed by atoms with Gasteiger partial charge in [-0.05, 0) is 30.5 Å². The fourth-order valence-corrected chi connectivity index (χ4v) is 1.99. The van der Waals surface area contributed by atoms with Crippen LogP contribution >= 0.6 is 0 Å². The molecule has 66 valence electrons. The molecule has 0 spiro atoms. The van der Waals surface area contributed by atoms with Crippen molar-refractivity contribution in [3.05, 3.63) is 24.0 Å². The van der Waals surface area contributed by atoms with Gasteiger partial charge in [-0.15, -0.1) is 0 Å². The van der Waals surface area contributed by atoms with E-state index in [0.29, 0.717) is 6.04 Å². The summed E-state index contributed by atoms with van der Waals surface area (Å²) in [6.07, 6.45) is 5.63. The molecule has 2 atom stereocenters. The van der Waals surface area contributed by atoms with Crippen LogP contribution in [0.3, 0.4) is 0 Å². The molecule has 2 rings (SSSR count). The van der Waals surface area contributed by atoms with Gasteiger partial charge in [0.05, 0.1) is 0 Å². The molecule has 0 aromatic carbocycles. The van der Waals surface area contributed by atoms with Gasteiger partial charge in [-0.1, -0.05) is 6.92 Å². The molecule has 0 amide bonds. The number of aryl methyl sites for hydroxylation is 1. The number of nitrogens with zero attached hydrogens (tertiary/aromatic N) is 1. The van der Waals surface area contributed by atoms with Crippen molar-refractivity contribution in [2.45, 2.75) is 19.4 Å². The monoisotopic (exact) mass is 164 g/mol. The number of aromatic nitrogens is 1. The molecule has 1 aromatic heterocycles. The summed E-state index contributed by atoms with van der Waals surface area (Å²) >= 11 is 0. The lowest BCUT2D eigenvalue weighted by molar-refractivity contribution is 0.503. The van der Waals surface area contributed by atoms with Crippen LogP contribution in [0, 0.1) is 5.92 Å². The van der Waals surface area contributed by atoms with Crippen LogP contribution in [-0.4, -0.2) is 11.1 Å². The Hall–Kier alpha value is -0.760. The maximum Gasteiger partial charge on any atom is 0.0361 e. The molecule has 1 aromatic rings. The third-order valence-electron chi connectivity index (χ3n) is 2.75. The molecule has 2 heterocycles. The summed E-state index contributed by atoms with van der Waals surface area (Å²) in [6.45, 7) is 3.48. The van der Waals surface area contributed by atoms with E-state index in [1.807, 2.05) is 0 Å². The second kappa shape index (κ2) is 2.94. The second-order valence-electron chi connectivity index (χ2n) is 3.81. The average Bonchev–Trinajstić information content (AvgIpc) is 2.58. The van der Waals surface area contributed by atoms with Gasteiger partial charge in [-0.2, -0.15) is 0 Å². The summed E-state index contributed by atoms with van der Waals surface area (Å²) in [5.41, 5.74) is 1.43. The molecule has 0 aliphatic carbocycles. The van der Waals surface area contributed by atoms with Crippen LogP contribution in [0.1, 0.15) is 24.9 Å². The number of rotatable bonds is 1. The molecule has 0 unspecified atom stereocenters. The van der Waals surface area contributed by atoms with E-state index in [9.17, 15) is 0 Å². The first-order chi connectivity index (χ1) is 5.77. The minimum Gasteiger partial charge on any atom is -0.357 e. The molecule has 0 bridgehead atoms. The molecule has 12 heavy (non-hydrogen) atoms. The zero-order valence-electron chi connectivity index (χ0n) is 7.75. The lowest BCUT2D eigenvalue weighted by Crippen LogP contribution is -2.15. The van der Waals surface area contributed by atoms with E-state index in [4.69, 9.17) is 0 Å². The van der Waals surface area contributed by atoms with Crippen molar-refractivity contribution in [1.29, 1.82) is 0 Å². The van der Waals surface area contributed by atoms with E-state index < -0.39 is 0 Å². The fraction of sp³-hybridized carbons (Fsp3) is 0.600. The molecule has 1 aliphatic heterocycles. The molecular weight excluding hydrogens is 148 g/mol. The van der Waals surface area contributed by atoms with Crippen molar-refractivity contribution in [2.24, 2.45) is 13.0 Å². The first kappa shape index (κ1) is 7.87. The maximum atomic E-state index is 3.52. The summed E-state index contributed by atoms with van der Waals surface area (Å²) in [5.74, 6) is 0.785. The van der Waals surface area contributed by atoms with Crippen molar-refractivity contribution in [3.8, 4) is 0 Å². The van der Waals surface area contributed by atoms with E-state index >= 15 is 0 Å². The SMILES string of the molecule is C[C@H]1CCN[C@@H]1c1ccn(C)c1. The smallest absolute Gasteiger partial charge is 0.0361 e. The molecule has 0 radical (unpaired) electrons. The van der Waals surface area contributed by atoms with Gasteiger partial charge < -0.3 is 9.88 Å². The van der Waals surface area contributed by atoms with Gasteiger partial charge in [0, 0.05) is 25.5 Å². The zero-order valence-corrected chi connectivity index (χ0v) is 7.75. The Balaban J connectivity index is 2.19.